The standard InChI is InChI=1S/C34H70O4Si2/c1-9-11-13-15-17-19-21-23-25-27-29-37-33(35)31(39(3,4)5)32(40(6,7)8)34(36)38-30-28-26-24-22-20-18-16-14-12-10-2/h31-32H,9-30H2,1-8H3. The predicted octanol–water partition coefficient (Wildman–Crippen LogP) is 11.3. The normalized spacial score (nSPS) is 13.7. The second-order valence-electron chi connectivity index (χ2n) is 14.4. The smallest absolute Gasteiger partial charge is 0.306 e. The Balaban J connectivity index is 4.55. The maximum Gasteiger partial charge on any atom is 0.306 e. The summed E-state index contributed by atoms with van der Waals surface area (Å²) in [5.74, 6) is -0.309. The molecule has 2 atom stereocenters. The molecule has 40 heavy (non-hydrogen) atoms. The number of unbranched alkanes of at least 4 members (excludes halogenated alkanes) is 18. The molecule has 4 nitrogen and oxygen atoms in total. The van der Waals surface area contributed by atoms with Crippen LogP contribution in [0, 0.1) is 0 Å². The van der Waals surface area contributed by atoms with Gasteiger partial charge in [0, 0.05) is 0 Å². The van der Waals surface area contributed by atoms with Crippen LogP contribution in [0.5, 0.6) is 0 Å². The number of ether oxygens (including phenoxy) is 2. The molecule has 6 heteroatoms. The van der Waals surface area contributed by atoms with E-state index in [4.69, 9.17) is 9.47 Å². The molecule has 0 heterocycles. The molecule has 0 saturated carbocycles. The third kappa shape index (κ3) is 20.3. The molecule has 0 rings (SSSR count). The van der Waals surface area contributed by atoms with Gasteiger partial charge in [-0.2, -0.15) is 0 Å². The lowest BCUT2D eigenvalue weighted by atomic mass is 10.1. The van der Waals surface area contributed by atoms with Crippen molar-refractivity contribution in [1.29, 1.82) is 0 Å². The fourth-order valence-electron chi connectivity index (χ4n) is 5.68. The highest BCUT2D eigenvalue weighted by Gasteiger charge is 2.50. The molecule has 0 N–H and O–H groups in total. The summed E-state index contributed by atoms with van der Waals surface area (Å²) in [6.45, 7) is 18.6. The van der Waals surface area contributed by atoms with E-state index < -0.39 is 16.1 Å². The van der Waals surface area contributed by atoms with Crippen molar-refractivity contribution in [2.24, 2.45) is 0 Å². The van der Waals surface area contributed by atoms with E-state index in [0.717, 1.165) is 25.7 Å². The zero-order valence-electron chi connectivity index (χ0n) is 28.3. The van der Waals surface area contributed by atoms with E-state index in [9.17, 15) is 9.59 Å². The monoisotopic (exact) mass is 598 g/mol. The first-order valence-corrected chi connectivity index (χ1v) is 24.5. The molecule has 0 fully saturated rings. The highest BCUT2D eigenvalue weighted by Crippen LogP contribution is 2.43. The first-order valence-electron chi connectivity index (χ1n) is 17.3. The molecule has 0 amide bonds. The lowest BCUT2D eigenvalue weighted by Crippen LogP contribution is -2.48. The van der Waals surface area contributed by atoms with Gasteiger partial charge >= 0.3 is 11.9 Å². The van der Waals surface area contributed by atoms with Gasteiger partial charge in [-0.15, -0.1) is 0 Å². The molecule has 0 bridgehead atoms. The van der Waals surface area contributed by atoms with Crippen molar-refractivity contribution in [3.05, 3.63) is 0 Å². The van der Waals surface area contributed by atoms with Crippen molar-refractivity contribution >= 4 is 28.1 Å². The molecule has 0 aliphatic heterocycles. The second kappa shape index (κ2) is 23.9. The largest absolute Gasteiger partial charge is 0.466 e. The minimum absolute atomic E-state index is 0.154. The first-order chi connectivity index (χ1) is 19.0. The molecule has 238 valence electrons. The molecule has 2 unspecified atom stereocenters. The van der Waals surface area contributed by atoms with Gasteiger partial charge in [-0.3, -0.25) is 9.59 Å². The van der Waals surface area contributed by atoms with Crippen LogP contribution in [-0.2, 0) is 19.1 Å². The Kier molecular flexibility index (Phi) is 23.5. The first kappa shape index (κ1) is 39.4. The lowest BCUT2D eigenvalue weighted by molar-refractivity contribution is -0.150. The molecule has 0 saturated heterocycles. The van der Waals surface area contributed by atoms with Crippen molar-refractivity contribution in [2.45, 2.75) is 193 Å². The molecule has 0 aromatic carbocycles. The SMILES string of the molecule is CCCCCCCCCCCCOC(=O)C(C(C(=O)OCCCCCCCCCCCC)[Si](C)(C)C)[Si](C)(C)C. The van der Waals surface area contributed by atoms with Crippen LogP contribution in [0.2, 0.25) is 50.4 Å². The van der Waals surface area contributed by atoms with E-state index in [1.807, 2.05) is 0 Å². The van der Waals surface area contributed by atoms with Crippen LogP contribution in [0.3, 0.4) is 0 Å². The van der Waals surface area contributed by atoms with Gasteiger partial charge in [0.15, 0.2) is 0 Å². The van der Waals surface area contributed by atoms with E-state index >= 15 is 0 Å². The van der Waals surface area contributed by atoms with Crippen LogP contribution in [0.4, 0.5) is 0 Å². The highest BCUT2D eigenvalue weighted by atomic mass is 28.3. The van der Waals surface area contributed by atoms with Crippen LogP contribution in [0.15, 0.2) is 0 Å². The van der Waals surface area contributed by atoms with Crippen LogP contribution in [0.1, 0.15) is 142 Å². The van der Waals surface area contributed by atoms with Crippen molar-refractivity contribution in [3.63, 3.8) is 0 Å². The maximum atomic E-state index is 13.4. The minimum Gasteiger partial charge on any atom is -0.466 e. The van der Waals surface area contributed by atoms with E-state index in [1.165, 1.54) is 103 Å². The summed E-state index contributed by atoms with van der Waals surface area (Å²) in [6.07, 6.45) is 25.2. The molecule has 0 spiro atoms. The van der Waals surface area contributed by atoms with Gasteiger partial charge in [-0.1, -0.05) is 169 Å². The number of carbonyl (C=O) groups excluding carboxylic acids is 2. The Morgan fingerprint density at radius 3 is 0.875 bits per heavy atom. The molecule has 0 aromatic rings. The van der Waals surface area contributed by atoms with Gasteiger partial charge in [-0.05, 0) is 12.8 Å². The van der Waals surface area contributed by atoms with E-state index in [1.54, 1.807) is 0 Å². The quantitative estimate of drug-likeness (QED) is 0.0536. The summed E-state index contributed by atoms with van der Waals surface area (Å²) < 4.78 is 11.7. The summed E-state index contributed by atoms with van der Waals surface area (Å²) in [5, 5.41) is 0. The Hall–Kier alpha value is -0.626. The molecular formula is C34H70O4Si2. The minimum atomic E-state index is -2.01. The van der Waals surface area contributed by atoms with Crippen molar-refractivity contribution in [3.8, 4) is 0 Å². The molecule has 0 radical (unpaired) electrons. The van der Waals surface area contributed by atoms with Gasteiger partial charge in [-0.25, -0.2) is 0 Å². The molecule has 0 aliphatic carbocycles. The molecular weight excluding hydrogens is 529 g/mol. The van der Waals surface area contributed by atoms with Crippen LogP contribution >= 0.6 is 0 Å². The van der Waals surface area contributed by atoms with Crippen molar-refractivity contribution in [2.75, 3.05) is 13.2 Å². The number of rotatable bonds is 27. The van der Waals surface area contributed by atoms with E-state index in [0.29, 0.717) is 13.2 Å². The van der Waals surface area contributed by atoms with Gasteiger partial charge < -0.3 is 9.47 Å². The summed E-state index contributed by atoms with van der Waals surface area (Å²) >= 11 is 0. The molecule has 0 aliphatic rings. The average molecular weight is 599 g/mol. The van der Waals surface area contributed by atoms with Gasteiger partial charge in [0.05, 0.1) is 40.4 Å². The maximum absolute atomic E-state index is 13.4. The fraction of sp³-hybridized carbons (Fsp3) is 0.941. The number of hydrogen-bond donors (Lipinski definition) is 0. The van der Waals surface area contributed by atoms with Gasteiger partial charge in [0.25, 0.3) is 0 Å². The van der Waals surface area contributed by atoms with Gasteiger partial charge in [0.1, 0.15) is 0 Å². The number of carbonyl (C=O) groups is 2. The van der Waals surface area contributed by atoms with Crippen LogP contribution in [-0.4, -0.2) is 41.3 Å². The predicted molar refractivity (Wildman–Crippen MR) is 180 cm³/mol. The summed E-state index contributed by atoms with van der Waals surface area (Å²) in [5.41, 5.74) is -0.662. The zero-order chi connectivity index (χ0) is 30.3. The zero-order valence-corrected chi connectivity index (χ0v) is 30.3. The third-order valence-corrected chi connectivity index (χ3v) is 13.4. The number of hydrogen-bond acceptors (Lipinski definition) is 4. The summed E-state index contributed by atoms with van der Waals surface area (Å²) in [4.78, 5) is 26.9. The Bertz CT molecular complexity index is 570. The Morgan fingerprint density at radius 2 is 0.650 bits per heavy atom. The van der Waals surface area contributed by atoms with Crippen LogP contribution in [0.25, 0.3) is 0 Å². The Labute approximate surface area is 252 Å². The average Bonchev–Trinajstić information content (AvgIpc) is 2.87. The third-order valence-electron chi connectivity index (χ3n) is 8.19. The summed E-state index contributed by atoms with van der Waals surface area (Å²) in [7, 11) is -4.02. The number of esters is 2. The molecule has 0 aromatic heterocycles. The van der Waals surface area contributed by atoms with E-state index in [2.05, 4.69) is 53.1 Å². The Morgan fingerprint density at radius 1 is 0.425 bits per heavy atom. The highest BCUT2D eigenvalue weighted by molar-refractivity contribution is 6.87. The lowest BCUT2D eigenvalue weighted by Gasteiger charge is -2.38. The van der Waals surface area contributed by atoms with E-state index in [-0.39, 0.29) is 23.0 Å². The van der Waals surface area contributed by atoms with Crippen LogP contribution < -0.4 is 0 Å². The van der Waals surface area contributed by atoms with Crippen molar-refractivity contribution in [1.82, 2.24) is 0 Å². The topological polar surface area (TPSA) is 52.6 Å². The fourth-order valence-corrected chi connectivity index (χ4v) is 12.5. The van der Waals surface area contributed by atoms with Crippen molar-refractivity contribution < 1.29 is 19.1 Å². The second-order valence-corrected chi connectivity index (χ2v) is 25.1. The van der Waals surface area contributed by atoms with Gasteiger partial charge in [0.2, 0.25) is 0 Å². The summed E-state index contributed by atoms with van der Waals surface area (Å²) in [6, 6.07) is 0.